The van der Waals surface area contributed by atoms with Gasteiger partial charge in [-0.2, -0.15) is 5.26 Å². The second-order valence-corrected chi connectivity index (χ2v) is 3.04. The summed E-state index contributed by atoms with van der Waals surface area (Å²) in [4.78, 5) is 18.1. The van der Waals surface area contributed by atoms with Crippen LogP contribution in [0.15, 0.2) is 12.4 Å². The summed E-state index contributed by atoms with van der Waals surface area (Å²) in [5.74, 6) is -0.417. The molecule has 1 atom stereocenters. The number of anilines is 1. The van der Waals surface area contributed by atoms with Crippen molar-refractivity contribution < 1.29 is 9.90 Å². The van der Waals surface area contributed by atoms with E-state index in [2.05, 4.69) is 15.3 Å². The highest BCUT2D eigenvalue weighted by molar-refractivity contribution is 5.68. The second-order valence-electron chi connectivity index (χ2n) is 3.04. The molecule has 1 aromatic rings. The molecule has 0 aliphatic carbocycles. The summed E-state index contributed by atoms with van der Waals surface area (Å²) in [6.45, 7) is 1.73. The standard InChI is InChI=1S/C9H10N4O2/c1-6(2-9(14)15)13-8-5-11-7(3-10)4-12-8/h4-6H,2H2,1H3,(H,12,13)(H,14,15). The Bertz CT molecular complexity index is 382. The Kier molecular flexibility index (Phi) is 3.57. The SMILES string of the molecule is CC(CC(=O)O)Nc1cnc(C#N)cn1. The van der Waals surface area contributed by atoms with Crippen molar-refractivity contribution in [1.82, 2.24) is 9.97 Å². The summed E-state index contributed by atoms with van der Waals surface area (Å²) in [6, 6.07) is 1.61. The van der Waals surface area contributed by atoms with Crippen LogP contribution in [-0.4, -0.2) is 27.1 Å². The lowest BCUT2D eigenvalue weighted by Crippen LogP contribution is -2.20. The van der Waals surface area contributed by atoms with E-state index in [0.29, 0.717) is 5.82 Å². The third kappa shape index (κ3) is 3.60. The third-order valence-electron chi connectivity index (χ3n) is 1.64. The maximum atomic E-state index is 10.4. The highest BCUT2D eigenvalue weighted by Crippen LogP contribution is 2.04. The minimum Gasteiger partial charge on any atom is -0.481 e. The summed E-state index contributed by atoms with van der Waals surface area (Å²) in [5, 5.41) is 19.9. The zero-order valence-electron chi connectivity index (χ0n) is 8.14. The molecule has 1 aromatic heterocycles. The largest absolute Gasteiger partial charge is 0.481 e. The maximum Gasteiger partial charge on any atom is 0.305 e. The molecule has 1 rings (SSSR count). The molecule has 0 radical (unpaired) electrons. The van der Waals surface area contributed by atoms with E-state index in [9.17, 15) is 4.79 Å². The van der Waals surface area contributed by atoms with Gasteiger partial charge in [0, 0.05) is 6.04 Å². The Labute approximate surface area is 86.6 Å². The minimum atomic E-state index is -0.878. The first-order valence-corrected chi connectivity index (χ1v) is 4.32. The number of rotatable bonds is 4. The molecule has 0 amide bonds. The molecular weight excluding hydrogens is 196 g/mol. The lowest BCUT2D eigenvalue weighted by atomic mass is 10.2. The molecule has 6 nitrogen and oxygen atoms in total. The lowest BCUT2D eigenvalue weighted by molar-refractivity contribution is -0.137. The van der Waals surface area contributed by atoms with Gasteiger partial charge >= 0.3 is 5.97 Å². The van der Waals surface area contributed by atoms with Gasteiger partial charge in [-0.05, 0) is 6.92 Å². The first-order chi connectivity index (χ1) is 7.11. The Morgan fingerprint density at radius 2 is 2.40 bits per heavy atom. The van der Waals surface area contributed by atoms with E-state index < -0.39 is 5.97 Å². The molecule has 1 unspecified atom stereocenters. The summed E-state index contributed by atoms with van der Waals surface area (Å²) in [5.41, 5.74) is 0.228. The summed E-state index contributed by atoms with van der Waals surface area (Å²) in [7, 11) is 0. The van der Waals surface area contributed by atoms with E-state index >= 15 is 0 Å². The number of aliphatic carboxylic acids is 1. The molecule has 0 spiro atoms. The van der Waals surface area contributed by atoms with Crippen molar-refractivity contribution >= 4 is 11.8 Å². The number of aromatic nitrogens is 2. The number of hydrogen-bond acceptors (Lipinski definition) is 5. The molecule has 0 saturated heterocycles. The number of nitriles is 1. The van der Waals surface area contributed by atoms with Gasteiger partial charge in [-0.1, -0.05) is 0 Å². The molecule has 0 aromatic carbocycles. The van der Waals surface area contributed by atoms with Crippen LogP contribution in [0.2, 0.25) is 0 Å². The number of hydrogen-bond donors (Lipinski definition) is 2. The van der Waals surface area contributed by atoms with E-state index in [4.69, 9.17) is 10.4 Å². The quantitative estimate of drug-likeness (QED) is 0.749. The fourth-order valence-corrected chi connectivity index (χ4v) is 1.03. The Morgan fingerprint density at radius 3 is 2.87 bits per heavy atom. The third-order valence-corrected chi connectivity index (χ3v) is 1.64. The van der Waals surface area contributed by atoms with Crippen LogP contribution in [0.1, 0.15) is 19.0 Å². The van der Waals surface area contributed by atoms with E-state index in [1.807, 2.05) is 6.07 Å². The molecular formula is C9H10N4O2. The predicted octanol–water partition coefficient (Wildman–Crippen LogP) is 0.623. The van der Waals surface area contributed by atoms with Crippen molar-refractivity contribution in [2.24, 2.45) is 0 Å². The fraction of sp³-hybridized carbons (Fsp3) is 0.333. The lowest BCUT2D eigenvalue weighted by Gasteiger charge is -2.11. The average Bonchev–Trinajstić information content (AvgIpc) is 2.17. The molecule has 78 valence electrons. The highest BCUT2D eigenvalue weighted by atomic mass is 16.4. The monoisotopic (exact) mass is 206 g/mol. The van der Waals surface area contributed by atoms with Crippen LogP contribution >= 0.6 is 0 Å². The van der Waals surface area contributed by atoms with Crippen LogP contribution < -0.4 is 5.32 Å². The fourth-order valence-electron chi connectivity index (χ4n) is 1.03. The minimum absolute atomic E-state index is 0.00167. The first kappa shape index (κ1) is 10.9. The first-order valence-electron chi connectivity index (χ1n) is 4.32. The predicted molar refractivity (Wildman–Crippen MR) is 52.1 cm³/mol. The Morgan fingerprint density at radius 1 is 1.67 bits per heavy atom. The van der Waals surface area contributed by atoms with Gasteiger partial charge in [0.2, 0.25) is 0 Å². The summed E-state index contributed by atoms with van der Waals surface area (Å²) >= 11 is 0. The highest BCUT2D eigenvalue weighted by Gasteiger charge is 2.07. The smallest absolute Gasteiger partial charge is 0.305 e. The van der Waals surface area contributed by atoms with E-state index in [1.165, 1.54) is 12.4 Å². The van der Waals surface area contributed by atoms with Gasteiger partial charge < -0.3 is 10.4 Å². The number of carboxylic acids is 1. The van der Waals surface area contributed by atoms with Gasteiger partial charge in [-0.15, -0.1) is 0 Å². The molecule has 0 saturated carbocycles. The van der Waals surface area contributed by atoms with Crippen molar-refractivity contribution in [2.75, 3.05) is 5.32 Å². The molecule has 1 heterocycles. The molecule has 0 aliphatic heterocycles. The zero-order valence-corrected chi connectivity index (χ0v) is 8.14. The number of nitrogens with zero attached hydrogens (tertiary/aromatic N) is 3. The van der Waals surface area contributed by atoms with Crippen LogP contribution in [0.4, 0.5) is 5.82 Å². The van der Waals surface area contributed by atoms with Gasteiger partial charge in [0.15, 0.2) is 5.69 Å². The second kappa shape index (κ2) is 4.91. The van der Waals surface area contributed by atoms with Gasteiger partial charge in [0.1, 0.15) is 11.9 Å². The van der Waals surface area contributed by atoms with Crippen LogP contribution in [0, 0.1) is 11.3 Å². The van der Waals surface area contributed by atoms with Crippen molar-refractivity contribution in [1.29, 1.82) is 5.26 Å². The van der Waals surface area contributed by atoms with Gasteiger partial charge in [0.25, 0.3) is 0 Å². The Balaban J connectivity index is 2.58. The zero-order chi connectivity index (χ0) is 11.3. The van der Waals surface area contributed by atoms with Crippen molar-refractivity contribution in [3.05, 3.63) is 18.1 Å². The summed E-state index contributed by atoms with van der Waals surface area (Å²) < 4.78 is 0. The van der Waals surface area contributed by atoms with Crippen LogP contribution in [0.25, 0.3) is 0 Å². The summed E-state index contributed by atoms with van der Waals surface area (Å²) in [6.07, 6.45) is 2.73. The molecule has 0 bridgehead atoms. The normalized spacial score (nSPS) is 11.5. The number of carbonyl (C=O) groups is 1. The molecule has 6 heteroatoms. The molecule has 0 aliphatic rings. The van der Waals surface area contributed by atoms with E-state index in [0.717, 1.165) is 0 Å². The van der Waals surface area contributed by atoms with E-state index in [1.54, 1.807) is 6.92 Å². The molecule has 2 N–H and O–H groups in total. The Hall–Kier alpha value is -2.16. The maximum absolute atomic E-state index is 10.4. The molecule has 0 fully saturated rings. The average molecular weight is 206 g/mol. The van der Waals surface area contributed by atoms with Crippen LogP contribution in [-0.2, 0) is 4.79 Å². The topological polar surface area (TPSA) is 98.9 Å². The van der Waals surface area contributed by atoms with E-state index in [-0.39, 0.29) is 18.2 Å². The van der Waals surface area contributed by atoms with Gasteiger partial charge in [-0.25, -0.2) is 9.97 Å². The van der Waals surface area contributed by atoms with Gasteiger partial charge in [-0.3, -0.25) is 4.79 Å². The molecule has 15 heavy (non-hydrogen) atoms. The number of carboxylic acid groups (broad SMARTS) is 1. The van der Waals surface area contributed by atoms with Crippen molar-refractivity contribution in [3.63, 3.8) is 0 Å². The van der Waals surface area contributed by atoms with Crippen LogP contribution in [0.3, 0.4) is 0 Å². The van der Waals surface area contributed by atoms with Crippen molar-refractivity contribution in [3.8, 4) is 6.07 Å². The number of nitrogens with one attached hydrogen (secondary N) is 1. The van der Waals surface area contributed by atoms with Gasteiger partial charge in [0.05, 0.1) is 18.8 Å². The van der Waals surface area contributed by atoms with Crippen LogP contribution in [0.5, 0.6) is 0 Å². The van der Waals surface area contributed by atoms with Crippen molar-refractivity contribution in [2.45, 2.75) is 19.4 Å².